The zero-order chi connectivity index (χ0) is 65.4. The second-order valence-electron chi connectivity index (χ2n) is 27.2. The molecule has 4 aliphatic carbocycles. The monoisotopic (exact) mass is 1300 g/mol. The third-order valence-electron chi connectivity index (χ3n) is 22.5. The van der Waals surface area contributed by atoms with Crippen LogP contribution in [0.15, 0.2) is 340 Å². The van der Waals surface area contributed by atoms with Gasteiger partial charge in [-0.1, -0.05) is 279 Å². The predicted molar refractivity (Wildman–Crippen MR) is 418 cm³/mol. The molecule has 100 heavy (non-hydrogen) atoms. The quantitative estimate of drug-likeness (QED) is 0.159. The fraction of sp³-hybridized carbons (Fsp3) is 0.0208. The Morgan fingerprint density at radius 2 is 0.430 bits per heavy atom. The predicted octanol–water partition coefficient (Wildman–Crippen LogP) is 25.6. The number of nitrogens with zero attached hydrogens (tertiary/aromatic N) is 2. The minimum Gasteiger partial charge on any atom is -0.255 e. The molecule has 4 aromatic heterocycles. The summed E-state index contributed by atoms with van der Waals surface area (Å²) < 4.78 is 5.18. The first kappa shape index (κ1) is 55.9. The lowest BCUT2D eigenvalue weighted by Gasteiger charge is -2.30. The number of hydrogen-bond acceptors (Lipinski definition) is 4. The largest absolute Gasteiger partial charge is 0.255 e. The van der Waals surface area contributed by atoms with Crippen LogP contribution in [0.2, 0.25) is 0 Å². The molecule has 14 aromatic carbocycles. The molecule has 2 spiro atoms. The summed E-state index contributed by atoms with van der Waals surface area (Å²) in [6.07, 6.45) is 3.85. The van der Waals surface area contributed by atoms with Gasteiger partial charge in [-0.2, -0.15) is 0 Å². The summed E-state index contributed by atoms with van der Waals surface area (Å²) in [7, 11) is 0. The van der Waals surface area contributed by atoms with E-state index in [1.54, 1.807) is 0 Å². The van der Waals surface area contributed by atoms with Crippen molar-refractivity contribution in [1.29, 1.82) is 0 Å². The average Bonchev–Trinajstić information content (AvgIpc) is 1.52. The highest BCUT2D eigenvalue weighted by atomic mass is 32.1. The Balaban J connectivity index is 0.582. The maximum Gasteiger partial charge on any atom is 0.0892 e. The summed E-state index contributed by atoms with van der Waals surface area (Å²) in [5.41, 5.74) is 36.5. The second-order valence-corrected chi connectivity index (χ2v) is 29.3. The molecule has 0 fully saturated rings. The fourth-order valence-electron chi connectivity index (χ4n) is 18.3. The maximum atomic E-state index is 4.97. The lowest BCUT2D eigenvalue weighted by molar-refractivity contribution is 0.794. The van der Waals surface area contributed by atoms with Crippen LogP contribution in [0.5, 0.6) is 0 Å². The molecule has 18 aromatic rings. The van der Waals surface area contributed by atoms with E-state index in [2.05, 4.69) is 328 Å². The van der Waals surface area contributed by atoms with Gasteiger partial charge in [-0.3, -0.25) is 9.97 Å². The molecule has 0 amide bonds. The van der Waals surface area contributed by atoms with E-state index in [0.29, 0.717) is 0 Å². The third kappa shape index (κ3) is 7.66. The van der Waals surface area contributed by atoms with Crippen LogP contribution in [0.4, 0.5) is 0 Å². The van der Waals surface area contributed by atoms with E-state index in [1.165, 1.54) is 174 Å². The summed E-state index contributed by atoms with van der Waals surface area (Å²) in [5.74, 6) is 0. The SMILES string of the molecule is c1cc(-c2ccnc(-c3cc(-c4cccc(-c5cccc6c5sc5c(-c7ccc8c(c7)C7(c9ccccc9-c9ccccc97)c7ccccc7-8)cccc56)c4)ccn3)c2)cc(-c2cccc3c2sc2c(-c4ccc5c(c4)C4(c6ccccc6-c6ccccc64)c4ccccc4-5)cccc23)c1. The molecular weight excluding hydrogens is 1250 g/mol. The van der Waals surface area contributed by atoms with E-state index in [0.717, 1.165) is 33.6 Å². The molecule has 0 radical (unpaired) electrons. The summed E-state index contributed by atoms with van der Waals surface area (Å²) in [6.45, 7) is 0. The van der Waals surface area contributed by atoms with Crippen molar-refractivity contribution in [3.63, 3.8) is 0 Å². The highest BCUT2D eigenvalue weighted by molar-refractivity contribution is 7.27. The van der Waals surface area contributed by atoms with Gasteiger partial charge in [0.2, 0.25) is 0 Å². The van der Waals surface area contributed by atoms with E-state index in [-0.39, 0.29) is 0 Å². The van der Waals surface area contributed by atoms with Gasteiger partial charge in [0.05, 0.1) is 22.2 Å². The highest BCUT2D eigenvalue weighted by Crippen LogP contribution is 2.65. The molecule has 2 nitrogen and oxygen atoms in total. The second kappa shape index (κ2) is 21.2. The van der Waals surface area contributed by atoms with Crippen LogP contribution >= 0.6 is 22.7 Å². The van der Waals surface area contributed by atoms with Gasteiger partial charge >= 0.3 is 0 Å². The summed E-state index contributed by atoms with van der Waals surface area (Å²) in [4.78, 5) is 9.94. The smallest absolute Gasteiger partial charge is 0.0892 e. The Bertz CT molecular complexity index is 6050. The van der Waals surface area contributed by atoms with Gasteiger partial charge < -0.3 is 0 Å². The van der Waals surface area contributed by atoms with Crippen molar-refractivity contribution in [2.24, 2.45) is 0 Å². The first-order chi connectivity index (χ1) is 49.6. The molecule has 0 saturated heterocycles. The van der Waals surface area contributed by atoms with Crippen molar-refractivity contribution in [1.82, 2.24) is 9.97 Å². The number of fused-ring (bicyclic) bond motifs is 26. The highest BCUT2D eigenvalue weighted by Gasteiger charge is 2.53. The van der Waals surface area contributed by atoms with Gasteiger partial charge in [-0.05, 0) is 204 Å². The van der Waals surface area contributed by atoms with E-state index in [4.69, 9.17) is 9.97 Å². The number of thiophene rings is 2. The van der Waals surface area contributed by atoms with Crippen molar-refractivity contribution in [2.45, 2.75) is 10.8 Å². The van der Waals surface area contributed by atoms with Crippen LogP contribution in [0.1, 0.15) is 44.5 Å². The molecule has 0 aliphatic heterocycles. The van der Waals surface area contributed by atoms with Gasteiger partial charge in [0.15, 0.2) is 0 Å². The summed E-state index contributed by atoms with van der Waals surface area (Å²) >= 11 is 3.82. The van der Waals surface area contributed by atoms with E-state index >= 15 is 0 Å². The van der Waals surface area contributed by atoms with Crippen LogP contribution in [0.25, 0.3) is 163 Å². The van der Waals surface area contributed by atoms with Crippen LogP contribution < -0.4 is 0 Å². The fourth-order valence-corrected chi connectivity index (χ4v) is 21.1. The first-order valence-corrected chi connectivity index (χ1v) is 36.1. The van der Waals surface area contributed by atoms with Gasteiger partial charge in [0.1, 0.15) is 0 Å². The minimum absolute atomic E-state index is 0.402. The van der Waals surface area contributed by atoms with Crippen molar-refractivity contribution in [2.75, 3.05) is 0 Å². The lowest BCUT2D eigenvalue weighted by Crippen LogP contribution is -2.25. The molecule has 0 N–H and O–H groups in total. The van der Waals surface area contributed by atoms with Crippen LogP contribution in [-0.4, -0.2) is 9.97 Å². The number of rotatable bonds is 7. The molecule has 462 valence electrons. The van der Waals surface area contributed by atoms with Gasteiger partial charge in [-0.25, -0.2) is 0 Å². The van der Waals surface area contributed by atoms with Crippen molar-refractivity contribution in [3.8, 4) is 123 Å². The van der Waals surface area contributed by atoms with E-state index < -0.39 is 10.8 Å². The minimum atomic E-state index is -0.402. The molecule has 0 saturated carbocycles. The summed E-state index contributed by atoms with van der Waals surface area (Å²) in [6, 6.07) is 123. The number of aromatic nitrogens is 2. The van der Waals surface area contributed by atoms with Crippen LogP contribution in [-0.2, 0) is 10.8 Å². The topological polar surface area (TPSA) is 25.8 Å². The van der Waals surface area contributed by atoms with Gasteiger partial charge in [0.25, 0.3) is 0 Å². The Morgan fingerprint density at radius 1 is 0.180 bits per heavy atom. The molecule has 0 atom stereocenters. The van der Waals surface area contributed by atoms with Crippen LogP contribution in [0, 0.1) is 0 Å². The Hall–Kier alpha value is -12.2. The third-order valence-corrected chi connectivity index (χ3v) is 25.0. The number of hydrogen-bond donors (Lipinski definition) is 0. The molecular formula is C96H56N2S2. The van der Waals surface area contributed by atoms with E-state index in [9.17, 15) is 0 Å². The van der Waals surface area contributed by atoms with Crippen molar-refractivity contribution < 1.29 is 0 Å². The normalized spacial score (nSPS) is 13.6. The average molecular weight is 1300 g/mol. The van der Waals surface area contributed by atoms with Crippen LogP contribution in [0.3, 0.4) is 0 Å². The number of pyridine rings is 2. The Labute approximate surface area is 586 Å². The van der Waals surface area contributed by atoms with E-state index in [1.807, 2.05) is 35.1 Å². The number of benzene rings is 14. The maximum absolute atomic E-state index is 4.97. The molecule has 22 rings (SSSR count). The molecule has 4 aliphatic rings. The molecule has 0 unspecified atom stereocenters. The summed E-state index contributed by atoms with van der Waals surface area (Å²) in [5, 5.41) is 5.11. The van der Waals surface area contributed by atoms with Crippen molar-refractivity contribution >= 4 is 63.0 Å². The Morgan fingerprint density at radius 3 is 0.750 bits per heavy atom. The first-order valence-electron chi connectivity index (χ1n) is 34.5. The molecule has 4 heterocycles. The zero-order valence-electron chi connectivity index (χ0n) is 54.0. The van der Waals surface area contributed by atoms with Gasteiger partial charge in [0, 0.05) is 52.7 Å². The Kier molecular flexibility index (Phi) is 11.8. The molecule has 4 heteroatoms. The zero-order valence-corrected chi connectivity index (χ0v) is 55.7. The van der Waals surface area contributed by atoms with Crippen molar-refractivity contribution in [3.05, 3.63) is 384 Å². The lowest BCUT2D eigenvalue weighted by atomic mass is 9.70. The van der Waals surface area contributed by atoms with Gasteiger partial charge in [-0.15, -0.1) is 22.7 Å². The molecule has 0 bridgehead atoms. The standard InChI is InChI=1S/C96H56N2S2/c1-7-37-81-69(23-1)70-24-2-8-38-82(70)95(81)85-41-11-5-27-73(85)75-45-43-63(53-87(75)95)67-31-17-35-79-77-33-15-29-65(91(77)99-93(67)79)61-21-13-19-57(51-61)59-47-49-97-89(55-59)90-56-60(48-50-98-90)58-20-14-22-62(52-58)66-30-16-34-78-80-36-18-32-68(94(80)100-92(66)78)64-44-46-76-74-28-6-12-42-86(74)96(88(76)54-64)83-39-9-3-25-71(83)72-26-4-10-40-84(72)96/h1-56H.